The van der Waals surface area contributed by atoms with Crippen molar-refractivity contribution in [2.45, 2.75) is 91.8 Å². The fourth-order valence-corrected chi connectivity index (χ4v) is 8.34. The van der Waals surface area contributed by atoms with Gasteiger partial charge in [-0.15, -0.1) is 0 Å². The van der Waals surface area contributed by atoms with Crippen LogP contribution in [-0.2, 0) is 9.53 Å². The fourth-order valence-electron chi connectivity index (χ4n) is 8.34. The minimum atomic E-state index is -0.547. The van der Waals surface area contributed by atoms with E-state index in [9.17, 15) is 9.90 Å². The minimum absolute atomic E-state index is 0.00620. The fraction of sp³-hybridized carbons (Fsp3) is 0.955. The summed E-state index contributed by atoms with van der Waals surface area (Å²) in [4.78, 5) is 11.9. The zero-order valence-corrected chi connectivity index (χ0v) is 16.9. The van der Waals surface area contributed by atoms with E-state index in [-0.39, 0.29) is 28.3 Å². The van der Waals surface area contributed by atoms with Crippen molar-refractivity contribution in [2.75, 3.05) is 0 Å². The van der Waals surface area contributed by atoms with Crippen LogP contribution in [0, 0.1) is 39.9 Å². The van der Waals surface area contributed by atoms with Crippen LogP contribution in [0.25, 0.3) is 0 Å². The van der Waals surface area contributed by atoms with Gasteiger partial charge in [-0.25, -0.2) is 0 Å². The van der Waals surface area contributed by atoms with Crippen LogP contribution in [0.2, 0.25) is 0 Å². The van der Waals surface area contributed by atoms with Gasteiger partial charge in [0.15, 0.2) is 0 Å². The van der Waals surface area contributed by atoms with Crippen molar-refractivity contribution < 1.29 is 14.6 Å². The summed E-state index contributed by atoms with van der Waals surface area (Å²) in [5.41, 5.74) is -0.114. The predicted octanol–water partition coefficient (Wildman–Crippen LogP) is 4.57. The molecule has 1 N–H and O–H groups in total. The van der Waals surface area contributed by atoms with Gasteiger partial charge in [-0.05, 0) is 80.0 Å². The van der Waals surface area contributed by atoms with Gasteiger partial charge in [0.05, 0.1) is 5.60 Å². The Hall–Kier alpha value is -0.570. The molecule has 8 atom stereocenters. The largest absolute Gasteiger partial charge is 0.462 e. The van der Waals surface area contributed by atoms with Crippen molar-refractivity contribution in [3.05, 3.63) is 0 Å². The van der Waals surface area contributed by atoms with Crippen LogP contribution >= 0.6 is 0 Å². The number of carbonyl (C=O) groups excluding carboxylic acids is 1. The lowest BCUT2D eigenvalue weighted by Crippen LogP contribution is -2.61. The molecule has 142 valence electrons. The number of fused-ring (bicyclic) bond motifs is 1. The molecule has 0 aromatic rings. The van der Waals surface area contributed by atoms with Crippen LogP contribution in [0.1, 0.15) is 80.1 Å². The molecule has 0 aliphatic heterocycles. The third-order valence-electron chi connectivity index (χ3n) is 9.45. The topological polar surface area (TPSA) is 46.5 Å². The molecular formula is C22H36O3. The van der Waals surface area contributed by atoms with Crippen molar-refractivity contribution in [3.63, 3.8) is 0 Å². The molecule has 3 nitrogen and oxygen atoms in total. The maximum atomic E-state index is 11.9. The number of ether oxygens (including phenoxy) is 1. The molecule has 1 spiro atoms. The summed E-state index contributed by atoms with van der Waals surface area (Å²) in [6.45, 7) is 13.2. The van der Waals surface area contributed by atoms with E-state index in [0.717, 1.165) is 25.7 Å². The molecule has 0 bridgehead atoms. The van der Waals surface area contributed by atoms with Gasteiger partial charge < -0.3 is 9.84 Å². The van der Waals surface area contributed by atoms with Crippen LogP contribution in [0.3, 0.4) is 0 Å². The first kappa shape index (κ1) is 17.8. The number of hydrogen-bond acceptors (Lipinski definition) is 3. The third-order valence-corrected chi connectivity index (χ3v) is 9.45. The molecular weight excluding hydrogens is 312 g/mol. The van der Waals surface area contributed by atoms with Crippen LogP contribution in [0.5, 0.6) is 0 Å². The predicted molar refractivity (Wildman–Crippen MR) is 97.8 cm³/mol. The molecule has 4 fully saturated rings. The second-order valence-corrected chi connectivity index (χ2v) is 10.9. The van der Waals surface area contributed by atoms with Crippen molar-refractivity contribution in [1.82, 2.24) is 0 Å². The smallest absolute Gasteiger partial charge is 0.302 e. The maximum absolute atomic E-state index is 11.9. The first-order valence-electron chi connectivity index (χ1n) is 10.4. The van der Waals surface area contributed by atoms with Gasteiger partial charge in [0.25, 0.3) is 0 Å². The molecule has 0 radical (unpaired) electrons. The number of rotatable bonds is 2. The molecule has 4 rings (SSSR count). The Kier molecular flexibility index (Phi) is 3.58. The molecule has 0 amide bonds. The summed E-state index contributed by atoms with van der Waals surface area (Å²) in [7, 11) is 0. The van der Waals surface area contributed by atoms with E-state index in [1.54, 1.807) is 6.92 Å². The van der Waals surface area contributed by atoms with E-state index in [1.807, 2.05) is 6.92 Å². The molecule has 0 unspecified atom stereocenters. The standard InChI is InChI=1S/C22H36O3/c1-13(2)15-7-8-16-19(15,4)12-18(25-14(3)23)20(5)9-10-21(6,24)17-11-22(16,17)20/h13,15-18,24H,7-12H2,1-6H3/t15-,16-,17+,18+,19-,20-,21+,22-/m1/s1. The van der Waals surface area contributed by atoms with E-state index >= 15 is 0 Å². The molecule has 4 saturated carbocycles. The van der Waals surface area contributed by atoms with E-state index in [4.69, 9.17) is 4.74 Å². The van der Waals surface area contributed by atoms with Crippen molar-refractivity contribution in [1.29, 1.82) is 0 Å². The van der Waals surface area contributed by atoms with Crippen LogP contribution < -0.4 is 0 Å². The zero-order chi connectivity index (χ0) is 18.4. The quantitative estimate of drug-likeness (QED) is 0.744. The highest BCUT2D eigenvalue weighted by atomic mass is 16.5. The van der Waals surface area contributed by atoms with Gasteiger partial charge >= 0.3 is 5.97 Å². The monoisotopic (exact) mass is 348 g/mol. The van der Waals surface area contributed by atoms with Gasteiger partial charge in [-0.3, -0.25) is 4.79 Å². The average molecular weight is 349 g/mol. The van der Waals surface area contributed by atoms with E-state index in [2.05, 4.69) is 27.7 Å². The summed E-state index contributed by atoms with van der Waals surface area (Å²) < 4.78 is 6.00. The third kappa shape index (κ3) is 2.05. The first-order chi connectivity index (χ1) is 11.5. The second kappa shape index (κ2) is 5.03. The minimum Gasteiger partial charge on any atom is -0.462 e. The van der Waals surface area contributed by atoms with Crippen LogP contribution in [0.15, 0.2) is 0 Å². The van der Waals surface area contributed by atoms with Crippen LogP contribution in [-0.4, -0.2) is 22.8 Å². The zero-order valence-electron chi connectivity index (χ0n) is 16.9. The van der Waals surface area contributed by atoms with Gasteiger partial charge in [-0.1, -0.05) is 27.7 Å². The summed E-state index contributed by atoms with van der Waals surface area (Å²) in [6, 6.07) is 0. The van der Waals surface area contributed by atoms with Gasteiger partial charge in [-0.2, -0.15) is 0 Å². The van der Waals surface area contributed by atoms with E-state index in [1.165, 1.54) is 12.8 Å². The summed E-state index contributed by atoms with van der Waals surface area (Å²) >= 11 is 0. The number of esters is 1. The second-order valence-electron chi connectivity index (χ2n) is 10.9. The summed E-state index contributed by atoms with van der Waals surface area (Å²) in [5.74, 6) is 2.27. The Morgan fingerprint density at radius 3 is 2.36 bits per heavy atom. The summed E-state index contributed by atoms with van der Waals surface area (Å²) in [5, 5.41) is 11.1. The maximum Gasteiger partial charge on any atom is 0.302 e. The highest BCUT2D eigenvalue weighted by molar-refractivity contribution is 5.66. The van der Waals surface area contributed by atoms with Crippen molar-refractivity contribution in [2.24, 2.45) is 39.9 Å². The van der Waals surface area contributed by atoms with Crippen molar-refractivity contribution >= 4 is 5.97 Å². The van der Waals surface area contributed by atoms with E-state index < -0.39 is 5.60 Å². The Balaban J connectivity index is 1.81. The molecule has 0 aromatic heterocycles. The van der Waals surface area contributed by atoms with Gasteiger partial charge in [0.2, 0.25) is 0 Å². The lowest BCUT2D eigenvalue weighted by Gasteiger charge is -2.61. The molecule has 0 heterocycles. The van der Waals surface area contributed by atoms with Gasteiger partial charge in [0.1, 0.15) is 6.10 Å². The van der Waals surface area contributed by atoms with E-state index in [0.29, 0.717) is 23.7 Å². The first-order valence-corrected chi connectivity index (χ1v) is 10.4. The van der Waals surface area contributed by atoms with Crippen LogP contribution in [0.4, 0.5) is 0 Å². The Labute approximate surface area is 152 Å². The number of carbonyl (C=O) groups is 1. The molecule has 4 aliphatic carbocycles. The Morgan fingerprint density at radius 1 is 1.08 bits per heavy atom. The average Bonchev–Trinajstić information content (AvgIpc) is 3.15. The Morgan fingerprint density at radius 2 is 1.76 bits per heavy atom. The SMILES string of the molecule is CC(=O)O[C@H]1C[C@]2(C)[C@@H](C(C)C)CC[C@H]2[C@]23C[C@H]2[C@@](C)(O)CC[C@]13C. The molecule has 25 heavy (non-hydrogen) atoms. The lowest BCUT2D eigenvalue weighted by atomic mass is 9.45. The number of hydrogen-bond donors (Lipinski definition) is 1. The Bertz CT molecular complexity index is 596. The normalized spacial score (nSPS) is 56.8. The molecule has 4 aliphatic rings. The lowest BCUT2D eigenvalue weighted by molar-refractivity contribution is -0.208. The molecule has 0 aromatic carbocycles. The molecule has 0 saturated heterocycles. The number of aliphatic hydroxyl groups is 1. The van der Waals surface area contributed by atoms with Gasteiger partial charge in [0, 0.05) is 12.3 Å². The highest BCUT2D eigenvalue weighted by Gasteiger charge is 2.81. The highest BCUT2D eigenvalue weighted by Crippen LogP contribution is 2.84. The summed E-state index contributed by atoms with van der Waals surface area (Å²) in [6.07, 6.45) is 6.53. The van der Waals surface area contributed by atoms with Crippen molar-refractivity contribution in [3.8, 4) is 0 Å². The molecule has 3 heteroatoms.